The van der Waals surface area contributed by atoms with Crippen molar-refractivity contribution in [1.82, 2.24) is 10.3 Å². The highest BCUT2D eigenvalue weighted by Gasteiger charge is 2.06. The molecule has 0 aliphatic heterocycles. The lowest BCUT2D eigenvalue weighted by molar-refractivity contribution is 0.0953. The Kier molecular flexibility index (Phi) is 7.01. The molecule has 1 aromatic heterocycles. The first-order chi connectivity index (χ1) is 13.7. The molecule has 0 radical (unpaired) electrons. The molecule has 5 nitrogen and oxygen atoms in total. The van der Waals surface area contributed by atoms with Crippen LogP contribution in [0, 0.1) is 0 Å². The van der Waals surface area contributed by atoms with Gasteiger partial charge in [-0.25, -0.2) is 4.98 Å². The van der Waals surface area contributed by atoms with Crippen LogP contribution in [0.1, 0.15) is 27.9 Å². The number of rotatable bonds is 9. The minimum atomic E-state index is -0.0806. The molecule has 1 amide bonds. The number of amides is 1. The van der Waals surface area contributed by atoms with Crippen LogP contribution in [0.25, 0.3) is 0 Å². The number of pyridine rings is 1. The van der Waals surface area contributed by atoms with E-state index in [4.69, 9.17) is 4.74 Å². The maximum atomic E-state index is 12.4. The molecule has 0 fully saturated rings. The number of ether oxygens (including phenoxy) is 1. The van der Waals surface area contributed by atoms with Crippen molar-refractivity contribution in [2.75, 3.05) is 19.0 Å². The lowest BCUT2D eigenvalue weighted by atomic mass is 10.1. The summed E-state index contributed by atoms with van der Waals surface area (Å²) in [5, 5.41) is 6.23. The van der Waals surface area contributed by atoms with Gasteiger partial charge < -0.3 is 15.4 Å². The molecule has 0 bridgehead atoms. The fraction of sp³-hybridized carbons (Fsp3) is 0.217. The minimum absolute atomic E-state index is 0.0806. The van der Waals surface area contributed by atoms with Gasteiger partial charge in [0.1, 0.15) is 11.6 Å². The summed E-state index contributed by atoms with van der Waals surface area (Å²) in [6, 6.07) is 21.6. The molecule has 0 spiro atoms. The van der Waals surface area contributed by atoms with Crippen molar-refractivity contribution in [1.29, 1.82) is 0 Å². The van der Waals surface area contributed by atoms with E-state index < -0.39 is 0 Å². The zero-order chi connectivity index (χ0) is 19.6. The van der Waals surface area contributed by atoms with Crippen LogP contribution in [0.15, 0.2) is 72.9 Å². The number of carbonyl (C=O) groups excluding carboxylic acids is 1. The van der Waals surface area contributed by atoms with Crippen LogP contribution in [-0.2, 0) is 13.0 Å². The molecule has 5 heteroatoms. The molecule has 0 aliphatic carbocycles. The Balaban J connectivity index is 1.46. The molecule has 28 heavy (non-hydrogen) atoms. The summed E-state index contributed by atoms with van der Waals surface area (Å²) in [5.74, 6) is 1.42. The second kappa shape index (κ2) is 10.1. The summed E-state index contributed by atoms with van der Waals surface area (Å²) in [4.78, 5) is 16.7. The summed E-state index contributed by atoms with van der Waals surface area (Å²) in [7, 11) is 1.65. The Labute approximate surface area is 165 Å². The first kappa shape index (κ1) is 19.4. The summed E-state index contributed by atoms with van der Waals surface area (Å²) >= 11 is 0. The van der Waals surface area contributed by atoms with Crippen LogP contribution in [-0.4, -0.2) is 24.5 Å². The second-order valence-corrected chi connectivity index (χ2v) is 6.48. The van der Waals surface area contributed by atoms with E-state index >= 15 is 0 Å². The lowest BCUT2D eigenvalue weighted by Gasteiger charge is -2.09. The van der Waals surface area contributed by atoms with Crippen molar-refractivity contribution in [2.24, 2.45) is 0 Å². The van der Waals surface area contributed by atoms with E-state index in [0.717, 1.165) is 24.2 Å². The van der Waals surface area contributed by atoms with Gasteiger partial charge in [-0.3, -0.25) is 4.79 Å². The third-order valence-electron chi connectivity index (χ3n) is 4.43. The standard InChI is InChI=1S/C23H25N3O2/c1-28-21-11-9-19(10-12-21)17-26-22-16-20(13-15-24-22)23(27)25-14-5-8-18-6-3-2-4-7-18/h2-4,6-7,9-13,15-16H,5,8,14,17H2,1H3,(H,24,26)(H,25,27). The molecule has 144 valence electrons. The Morgan fingerprint density at radius 1 is 1.00 bits per heavy atom. The van der Waals surface area contributed by atoms with Crippen LogP contribution in [0.5, 0.6) is 5.75 Å². The smallest absolute Gasteiger partial charge is 0.251 e. The van der Waals surface area contributed by atoms with Crippen molar-refractivity contribution in [2.45, 2.75) is 19.4 Å². The Morgan fingerprint density at radius 3 is 2.54 bits per heavy atom. The highest BCUT2D eigenvalue weighted by molar-refractivity contribution is 5.94. The van der Waals surface area contributed by atoms with Crippen LogP contribution >= 0.6 is 0 Å². The predicted molar refractivity (Wildman–Crippen MR) is 112 cm³/mol. The molecule has 2 aromatic carbocycles. The van der Waals surface area contributed by atoms with Gasteiger partial charge in [-0.05, 0) is 48.2 Å². The van der Waals surface area contributed by atoms with E-state index in [1.165, 1.54) is 5.56 Å². The first-order valence-electron chi connectivity index (χ1n) is 9.39. The Hall–Kier alpha value is -3.34. The zero-order valence-electron chi connectivity index (χ0n) is 16.0. The third kappa shape index (κ3) is 5.84. The minimum Gasteiger partial charge on any atom is -0.497 e. The van der Waals surface area contributed by atoms with Gasteiger partial charge in [-0.1, -0.05) is 42.5 Å². The maximum Gasteiger partial charge on any atom is 0.251 e. The molecule has 0 atom stereocenters. The number of nitrogens with zero attached hydrogens (tertiary/aromatic N) is 1. The van der Waals surface area contributed by atoms with Crippen molar-refractivity contribution < 1.29 is 9.53 Å². The fourth-order valence-corrected chi connectivity index (χ4v) is 2.85. The summed E-state index contributed by atoms with van der Waals surface area (Å²) in [6.07, 6.45) is 3.50. The van der Waals surface area contributed by atoms with Crippen molar-refractivity contribution in [3.05, 3.63) is 89.6 Å². The van der Waals surface area contributed by atoms with Crippen LogP contribution in [0.4, 0.5) is 5.82 Å². The van der Waals surface area contributed by atoms with Gasteiger partial charge in [0.05, 0.1) is 7.11 Å². The van der Waals surface area contributed by atoms with Gasteiger partial charge in [0.15, 0.2) is 0 Å². The van der Waals surface area contributed by atoms with Crippen LogP contribution in [0.3, 0.4) is 0 Å². The summed E-state index contributed by atoms with van der Waals surface area (Å²) < 4.78 is 5.16. The highest BCUT2D eigenvalue weighted by atomic mass is 16.5. The average molecular weight is 375 g/mol. The number of methoxy groups -OCH3 is 1. The SMILES string of the molecule is COc1ccc(CNc2cc(C(=O)NCCCc3ccccc3)ccn2)cc1. The van der Waals surface area contributed by atoms with E-state index in [0.29, 0.717) is 24.5 Å². The largest absolute Gasteiger partial charge is 0.497 e. The molecule has 0 unspecified atom stereocenters. The molecule has 2 N–H and O–H groups in total. The number of nitrogens with one attached hydrogen (secondary N) is 2. The van der Waals surface area contributed by atoms with E-state index in [2.05, 4.69) is 27.8 Å². The maximum absolute atomic E-state index is 12.4. The number of anilines is 1. The average Bonchev–Trinajstić information content (AvgIpc) is 2.76. The quantitative estimate of drug-likeness (QED) is 0.554. The molecule has 0 saturated heterocycles. The molecule has 1 heterocycles. The van der Waals surface area contributed by atoms with Gasteiger partial charge >= 0.3 is 0 Å². The van der Waals surface area contributed by atoms with Gasteiger partial charge in [-0.15, -0.1) is 0 Å². The van der Waals surface area contributed by atoms with Crippen LogP contribution < -0.4 is 15.4 Å². The highest BCUT2D eigenvalue weighted by Crippen LogP contribution is 2.13. The van der Waals surface area contributed by atoms with E-state index in [1.54, 1.807) is 25.4 Å². The topological polar surface area (TPSA) is 63.2 Å². The second-order valence-electron chi connectivity index (χ2n) is 6.48. The van der Waals surface area contributed by atoms with E-state index in [1.807, 2.05) is 42.5 Å². The van der Waals surface area contributed by atoms with Crippen molar-refractivity contribution >= 4 is 11.7 Å². The molecule has 0 aliphatic rings. The third-order valence-corrected chi connectivity index (χ3v) is 4.43. The Morgan fingerprint density at radius 2 is 1.79 bits per heavy atom. The number of hydrogen-bond donors (Lipinski definition) is 2. The number of aryl methyl sites for hydroxylation is 1. The van der Waals surface area contributed by atoms with Crippen molar-refractivity contribution in [3.63, 3.8) is 0 Å². The Bertz CT molecular complexity index is 880. The summed E-state index contributed by atoms with van der Waals surface area (Å²) in [6.45, 7) is 1.27. The lowest BCUT2D eigenvalue weighted by Crippen LogP contribution is -2.25. The van der Waals surface area contributed by atoms with E-state index in [-0.39, 0.29) is 5.91 Å². The zero-order valence-corrected chi connectivity index (χ0v) is 16.0. The number of benzene rings is 2. The predicted octanol–water partition coefficient (Wildman–Crippen LogP) is 4.06. The number of carbonyl (C=O) groups is 1. The number of hydrogen-bond acceptors (Lipinski definition) is 4. The van der Waals surface area contributed by atoms with Gasteiger partial charge in [-0.2, -0.15) is 0 Å². The molecular formula is C23H25N3O2. The van der Waals surface area contributed by atoms with E-state index in [9.17, 15) is 4.79 Å². The molecule has 3 rings (SSSR count). The van der Waals surface area contributed by atoms with Crippen LogP contribution in [0.2, 0.25) is 0 Å². The molecule has 3 aromatic rings. The van der Waals surface area contributed by atoms with Gasteiger partial charge in [0.2, 0.25) is 0 Å². The normalized spacial score (nSPS) is 10.3. The van der Waals surface area contributed by atoms with Crippen molar-refractivity contribution in [3.8, 4) is 5.75 Å². The fourth-order valence-electron chi connectivity index (χ4n) is 2.85. The molecule has 0 saturated carbocycles. The van der Waals surface area contributed by atoms with Gasteiger partial charge in [0.25, 0.3) is 5.91 Å². The molecular weight excluding hydrogens is 350 g/mol. The summed E-state index contributed by atoms with van der Waals surface area (Å²) in [5.41, 5.74) is 3.00. The van der Waals surface area contributed by atoms with Gasteiger partial charge in [0, 0.05) is 24.8 Å². The number of aromatic nitrogens is 1. The monoisotopic (exact) mass is 375 g/mol. The first-order valence-corrected chi connectivity index (χ1v) is 9.39.